The maximum absolute atomic E-state index is 11.6. The summed E-state index contributed by atoms with van der Waals surface area (Å²) >= 11 is 0. The Morgan fingerprint density at radius 3 is 1.50 bits per heavy atom. The maximum Gasteiger partial charge on any atom is 0.297 e. The van der Waals surface area contributed by atoms with E-state index in [1.54, 1.807) is 0 Å². The lowest BCUT2D eigenvalue weighted by Gasteiger charge is -1.99. The largest absolute Gasteiger partial charge is 0.505 e. The summed E-state index contributed by atoms with van der Waals surface area (Å²) in [6.45, 7) is 0. The summed E-state index contributed by atoms with van der Waals surface area (Å²) in [6, 6.07) is 0. The van der Waals surface area contributed by atoms with Crippen molar-refractivity contribution in [2.24, 2.45) is 0 Å². The van der Waals surface area contributed by atoms with Gasteiger partial charge in [-0.25, -0.2) is 22.0 Å². The van der Waals surface area contributed by atoms with Gasteiger partial charge in [-0.05, 0) is 0 Å². The Morgan fingerprint density at radius 2 is 1.40 bits per heavy atom. The molecule has 0 rings (SSSR count). The smallest absolute Gasteiger partial charge is 0.297 e. The highest BCUT2D eigenvalue weighted by molar-refractivity contribution is 5.03. The summed E-state index contributed by atoms with van der Waals surface area (Å²) in [7, 11) is 0. The van der Waals surface area contributed by atoms with Crippen LogP contribution in [0.2, 0.25) is 0 Å². The normalized spacial score (nSPS) is 14.3. The van der Waals surface area contributed by atoms with Gasteiger partial charge in [0.1, 0.15) is 0 Å². The zero-order valence-electron chi connectivity index (χ0n) is 4.49. The van der Waals surface area contributed by atoms with E-state index >= 15 is 0 Å². The monoisotopic (exact) mass is 162 g/mol. The van der Waals surface area contributed by atoms with Gasteiger partial charge in [-0.2, -0.15) is 0 Å². The molecule has 0 saturated heterocycles. The molecule has 1 nitrogen and oxygen atoms in total. The highest BCUT2D eigenvalue weighted by atomic mass is 19.3. The molecule has 0 atom stereocenters. The molecule has 0 spiro atoms. The molecule has 6 heteroatoms. The third kappa shape index (κ3) is 2.20. The molecule has 0 saturated carbocycles. The van der Waals surface area contributed by atoms with Crippen molar-refractivity contribution < 1.29 is 27.1 Å². The molecule has 10 heavy (non-hydrogen) atoms. The maximum atomic E-state index is 11.6. The molecule has 0 radical (unpaired) electrons. The molecule has 0 bridgehead atoms. The fourth-order valence-electron chi connectivity index (χ4n) is 0.216. The molecule has 0 heterocycles. The molecule has 0 fully saturated rings. The van der Waals surface area contributed by atoms with Crippen LogP contribution in [0.15, 0.2) is 11.6 Å². The van der Waals surface area contributed by atoms with Crippen LogP contribution in [0.1, 0.15) is 0 Å². The minimum Gasteiger partial charge on any atom is -0.505 e. The minimum atomic E-state index is -3.69. The van der Waals surface area contributed by atoms with Gasteiger partial charge in [0.05, 0.1) is 0 Å². The number of allylic oxidation sites excluding steroid dienone is 2. The fourth-order valence-corrected chi connectivity index (χ4v) is 0.216. The molecular weight excluding hydrogens is 159 g/mol. The lowest BCUT2D eigenvalue weighted by molar-refractivity contribution is 0.0950. The number of aliphatic hydroxyl groups excluding tert-OH is 1. The van der Waals surface area contributed by atoms with E-state index in [1.807, 2.05) is 0 Å². The topological polar surface area (TPSA) is 20.2 Å². The standard InChI is InChI=1S/C4H3F5O/c5-1(3(6)7)2(10)4(8)9/h3-4,10H. The van der Waals surface area contributed by atoms with Crippen molar-refractivity contribution in [2.45, 2.75) is 12.9 Å². The van der Waals surface area contributed by atoms with Gasteiger partial charge in [-0.15, -0.1) is 0 Å². The summed E-state index contributed by atoms with van der Waals surface area (Å²) in [5, 5.41) is 7.84. The van der Waals surface area contributed by atoms with Gasteiger partial charge in [0.15, 0.2) is 5.76 Å². The number of aliphatic hydroxyl groups is 1. The first-order valence-electron chi connectivity index (χ1n) is 2.11. The summed E-state index contributed by atoms with van der Waals surface area (Å²) in [5.41, 5.74) is 0. The lowest BCUT2D eigenvalue weighted by atomic mass is 10.4. The molecule has 0 aliphatic carbocycles. The Kier molecular flexibility index (Phi) is 3.11. The van der Waals surface area contributed by atoms with Crippen molar-refractivity contribution >= 4 is 0 Å². The first-order chi connectivity index (χ1) is 4.46. The molecule has 0 aromatic heterocycles. The SMILES string of the molecule is OC(=C(F)C(F)F)C(F)F. The first-order valence-corrected chi connectivity index (χ1v) is 2.11. The molecule has 0 amide bonds. The van der Waals surface area contributed by atoms with Crippen molar-refractivity contribution in [3.05, 3.63) is 11.6 Å². The first kappa shape index (κ1) is 9.19. The van der Waals surface area contributed by atoms with Crippen LogP contribution in [0, 0.1) is 0 Å². The van der Waals surface area contributed by atoms with E-state index in [9.17, 15) is 22.0 Å². The Hall–Kier alpha value is -0.810. The Balaban J connectivity index is 4.34. The molecule has 0 unspecified atom stereocenters. The van der Waals surface area contributed by atoms with E-state index in [0.717, 1.165) is 0 Å². The number of rotatable bonds is 2. The Morgan fingerprint density at radius 1 is 1.00 bits per heavy atom. The molecule has 0 aromatic rings. The second-order valence-electron chi connectivity index (χ2n) is 1.33. The van der Waals surface area contributed by atoms with E-state index in [2.05, 4.69) is 0 Å². The molecule has 0 aromatic carbocycles. The average Bonchev–Trinajstić information content (AvgIpc) is 1.84. The summed E-state index contributed by atoms with van der Waals surface area (Å²) < 4.78 is 56.1. The Labute approximate surface area is 52.8 Å². The predicted octanol–water partition coefficient (Wildman–Crippen LogP) is 2.26. The Bertz CT molecular complexity index is 125. The molecule has 1 N–H and O–H groups in total. The van der Waals surface area contributed by atoms with Gasteiger partial charge < -0.3 is 5.11 Å². The zero-order valence-corrected chi connectivity index (χ0v) is 4.49. The fraction of sp³-hybridized carbons (Fsp3) is 0.500. The van der Waals surface area contributed by atoms with Crippen LogP contribution in [-0.4, -0.2) is 18.0 Å². The summed E-state index contributed by atoms with van der Waals surface area (Å²) in [6.07, 6.45) is -7.28. The van der Waals surface area contributed by atoms with Crippen molar-refractivity contribution in [2.75, 3.05) is 0 Å². The van der Waals surface area contributed by atoms with Crippen molar-refractivity contribution in [1.82, 2.24) is 0 Å². The lowest BCUT2D eigenvalue weighted by Crippen LogP contribution is -2.03. The summed E-state index contributed by atoms with van der Waals surface area (Å²) in [5.74, 6) is -4.68. The minimum absolute atomic E-state index is 2.20. The van der Waals surface area contributed by atoms with Gasteiger partial charge in [0.25, 0.3) is 12.9 Å². The summed E-state index contributed by atoms with van der Waals surface area (Å²) in [4.78, 5) is 0. The van der Waals surface area contributed by atoms with Crippen molar-refractivity contribution in [3.8, 4) is 0 Å². The van der Waals surface area contributed by atoms with Crippen LogP contribution in [0.4, 0.5) is 22.0 Å². The van der Waals surface area contributed by atoms with Gasteiger partial charge >= 0.3 is 0 Å². The average molecular weight is 162 g/mol. The van der Waals surface area contributed by atoms with Crippen LogP contribution in [0.5, 0.6) is 0 Å². The van der Waals surface area contributed by atoms with Gasteiger partial charge in [-0.3, -0.25) is 0 Å². The molecular formula is C4H3F5O. The number of alkyl halides is 4. The van der Waals surface area contributed by atoms with Gasteiger partial charge in [-0.1, -0.05) is 0 Å². The second kappa shape index (κ2) is 3.38. The van der Waals surface area contributed by atoms with Crippen LogP contribution in [0.3, 0.4) is 0 Å². The van der Waals surface area contributed by atoms with Gasteiger partial charge in [0.2, 0.25) is 5.83 Å². The van der Waals surface area contributed by atoms with E-state index in [-0.39, 0.29) is 0 Å². The van der Waals surface area contributed by atoms with Gasteiger partial charge in [0, 0.05) is 0 Å². The van der Waals surface area contributed by atoms with Crippen LogP contribution >= 0.6 is 0 Å². The molecule has 0 aliphatic heterocycles. The van der Waals surface area contributed by atoms with Crippen LogP contribution in [0.25, 0.3) is 0 Å². The van der Waals surface area contributed by atoms with Crippen LogP contribution in [-0.2, 0) is 0 Å². The molecule has 0 aliphatic rings. The zero-order chi connectivity index (χ0) is 8.31. The third-order valence-corrected chi connectivity index (χ3v) is 0.643. The van der Waals surface area contributed by atoms with Crippen molar-refractivity contribution in [1.29, 1.82) is 0 Å². The number of hydrogen-bond acceptors (Lipinski definition) is 1. The van der Waals surface area contributed by atoms with E-state index in [4.69, 9.17) is 5.11 Å². The van der Waals surface area contributed by atoms with Crippen molar-refractivity contribution in [3.63, 3.8) is 0 Å². The highest BCUT2D eigenvalue weighted by Gasteiger charge is 2.22. The van der Waals surface area contributed by atoms with E-state index in [1.165, 1.54) is 0 Å². The number of hydrogen-bond donors (Lipinski definition) is 1. The third-order valence-electron chi connectivity index (χ3n) is 0.643. The molecule has 60 valence electrons. The van der Waals surface area contributed by atoms with E-state index < -0.39 is 24.4 Å². The van der Waals surface area contributed by atoms with E-state index in [0.29, 0.717) is 0 Å². The quantitative estimate of drug-likeness (QED) is 0.487. The van der Waals surface area contributed by atoms with Crippen LogP contribution < -0.4 is 0 Å². The number of halogens is 5. The second-order valence-corrected chi connectivity index (χ2v) is 1.33. The predicted molar refractivity (Wildman–Crippen MR) is 22.8 cm³/mol. The highest BCUT2D eigenvalue weighted by Crippen LogP contribution is 2.17.